The molecule has 110 valence electrons. The van der Waals surface area contributed by atoms with Gasteiger partial charge < -0.3 is 15.4 Å². The highest BCUT2D eigenvalue weighted by atomic mass is 16.5. The molecule has 0 fully saturated rings. The van der Waals surface area contributed by atoms with E-state index in [1.54, 1.807) is 31.4 Å². The molecule has 2 rings (SSSR count). The molecule has 2 aromatic rings. The summed E-state index contributed by atoms with van der Waals surface area (Å²) >= 11 is 0. The highest BCUT2D eigenvalue weighted by molar-refractivity contribution is 5.96. The molecule has 2 N–H and O–H groups in total. The van der Waals surface area contributed by atoms with Gasteiger partial charge in [-0.1, -0.05) is 6.07 Å². The summed E-state index contributed by atoms with van der Waals surface area (Å²) in [6, 6.07) is 8.83. The second-order valence-corrected chi connectivity index (χ2v) is 4.39. The summed E-state index contributed by atoms with van der Waals surface area (Å²) in [5, 5.41) is 6.02. The zero-order chi connectivity index (χ0) is 15.2. The molecular weight excluding hydrogens is 270 g/mol. The lowest BCUT2D eigenvalue weighted by atomic mass is 10.2. The number of ether oxygens (including phenoxy) is 1. The van der Waals surface area contributed by atoms with Crippen LogP contribution in [-0.2, 0) is 4.79 Å². The van der Waals surface area contributed by atoms with Crippen molar-refractivity contribution in [3.63, 3.8) is 0 Å². The zero-order valence-corrected chi connectivity index (χ0v) is 12.0. The van der Waals surface area contributed by atoms with Crippen molar-refractivity contribution in [2.75, 3.05) is 20.2 Å². The van der Waals surface area contributed by atoms with Gasteiger partial charge in [-0.2, -0.15) is 0 Å². The molecule has 0 saturated heterocycles. The first kappa shape index (κ1) is 14.8. The minimum atomic E-state index is -0.376. The number of methoxy groups -OCH3 is 1. The van der Waals surface area contributed by atoms with E-state index in [9.17, 15) is 9.59 Å². The third-order valence-electron chi connectivity index (χ3n) is 2.91. The second-order valence-electron chi connectivity index (χ2n) is 4.39. The number of carbonyl (C=O) groups is 2. The van der Waals surface area contributed by atoms with Crippen LogP contribution in [0, 0.1) is 0 Å². The van der Waals surface area contributed by atoms with Crippen molar-refractivity contribution in [1.29, 1.82) is 0 Å². The lowest BCUT2D eigenvalue weighted by Crippen LogP contribution is -2.37. The van der Waals surface area contributed by atoms with Crippen LogP contribution in [0.1, 0.15) is 17.4 Å². The standard InChI is InChI=1S/C15H17N3O3/c1-3-16-14(19)9-17-15(20)13-6-4-10-8-11(21-2)5-7-12(10)18-13/h4-8H,3,9H2,1-2H3,(H,16,19)(H,17,20). The average Bonchev–Trinajstić information content (AvgIpc) is 2.51. The van der Waals surface area contributed by atoms with Gasteiger partial charge in [-0.05, 0) is 31.2 Å². The number of amides is 2. The van der Waals surface area contributed by atoms with Crippen molar-refractivity contribution < 1.29 is 14.3 Å². The van der Waals surface area contributed by atoms with E-state index in [0.717, 1.165) is 11.1 Å². The monoisotopic (exact) mass is 287 g/mol. The normalized spacial score (nSPS) is 10.2. The first-order chi connectivity index (χ1) is 10.1. The molecule has 0 unspecified atom stereocenters. The molecule has 0 spiro atoms. The van der Waals surface area contributed by atoms with Gasteiger partial charge in [0, 0.05) is 11.9 Å². The van der Waals surface area contributed by atoms with E-state index in [1.165, 1.54) is 0 Å². The lowest BCUT2D eigenvalue weighted by molar-refractivity contribution is -0.120. The maximum Gasteiger partial charge on any atom is 0.270 e. The van der Waals surface area contributed by atoms with Crippen LogP contribution in [-0.4, -0.2) is 37.0 Å². The van der Waals surface area contributed by atoms with Crippen LogP contribution in [0.25, 0.3) is 10.9 Å². The van der Waals surface area contributed by atoms with Crippen molar-refractivity contribution in [3.8, 4) is 5.75 Å². The third kappa shape index (κ3) is 3.68. The number of nitrogens with one attached hydrogen (secondary N) is 2. The molecule has 1 heterocycles. The minimum Gasteiger partial charge on any atom is -0.497 e. The number of benzene rings is 1. The Morgan fingerprint density at radius 2 is 2.00 bits per heavy atom. The number of aromatic nitrogens is 1. The maximum absolute atomic E-state index is 11.9. The molecule has 0 aliphatic rings. The van der Waals surface area contributed by atoms with Crippen molar-refractivity contribution in [1.82, 2.24) is 15.6 Å². The fourth-order valence-electron chi connectivity index (χ4n) is 1.87. The van der Waals surface area contributed by atoms with E-state index < -0.39 is 0 Å². The summed E-state index contributed by atoms with van der Waals surface area (Å²) in [5.41, 5.74) is 0.971. The molecule has 6 nitrogen and oxygen atoms in total. The van der Waals surface area contributed by atoms with Crippen LogP contribution in [0.3, 0.4) is 0 Å². The summed E-state index contributed by atoms with van der Waals surface area (Å²) in [4.78, 5) is 27.5. The quantitative estimate of drug-likeness (QED) is 0.863. The molecule has 0 saturated carbocycles. The van der Waals surface area contributed by atoms with Gasteiger partial charge in [0.25, 0.3) is 5.91 Å². The Hall–Kier alpha value is -2.63. The van der Waals surface area contributed by atoms with Gasteiger partial charge in [0.05, 0.1) is 19.2 Å². The molecule has 2 amide bonds. The van der Waals surface area contributed by atoms with Crippen molar-refractivity contribution in [2.24, 2.45) is 0 Å². The van der Waals surface area contributed by atoms with Crippen molar-refractivity contribution >= 4 is 22.7 Å². The lowest BCUT2D eigenvalue weighted by Gasteiger charge is -2.06. The molecule has 1 aromatic carbocycles. The molecule has 0 bridgehead atoms. The summed E-state index contributed by atoms with van der Waals surface area (Å²) in [6.45, 7) is 2.29. The highest BCUT2D eigenvalue weighted by Gasteiger charge is 2.10. The number of pyridine rings is 1. The minimum absolute atomic E-state index is 0.0605. The molecule has 0 radical (unpaired) electrons. The molecule has 0 aliphatic carbocycles. The number of hydrogen-bond acceptors (Lipinski definition) is 4. The van der Waals surface area contributed by atoms with Crippen LogP contribution in [0.15, 0.2) is 30.3 Å². The Labute approximate surface area is 122 Å². The predicted molar refractivity (Wildman–Crippen MR) is 79.3 cm³/mol. The number of fused-ring (bicyclic) bond motifs is 1. The third-order valence-corrected chi connectivity index (χ3v) is 2.91. The fraction of sp³-hybridized carbons (Fsp3) is 0.267. The molecule has 0 aliphatic heterocycles. The predicted octanol–water partition coefficient (Wildman–Crippen LogP) is 1.11. The van der Waals surface area contributed by atoms with Gasteiger partial charge in [0.2, 0.25) is 5.91 Å². The van der Waals surface area contributed by atoms with Crippen molar-refractivity contribution in [2.45, 2.75) is 6.92 Å². The zero-order valence-electron chi connectivity index (χ0n) is 12.0. The van der Waals surface area contributed by atoms with Gasteiger partial charge in [-0.3, -0.25) is 9.59 Å². The van der Waals surface area contributed by atoms with Crippen LogP contribution in [0.5, 0.6) is 5.75 Å². The van der Waals surface area contributed by atoms with Crippen molar-refractivity contribution in [3.05, 3.63) is 36.0 Å². The van der Waals surface area contributed by atoms with E-state index in [4.69, 9.17) is 4.74 Å². The Balaban J connectivity index is 2.11. The summed E-state index contributed by atoms with van der Waals surface area (Å²) in [5.74, 6) is 0.132. The molecule has 21 heavy (non-hydrogen) atoms. The summed E-state index contributed by atoms with van der Waals surface area (Å²) in [6.07, 6.45) is 0. The van der Waals surface area contributed by atoms with Crippen LogP contribution < -0.4 is 15.4 Å². The fourth-order valence-corrected chi connectivity index (χ4v) is 1.87. The molecule has 0 atom stereocenters. The summed E-state index contributed by atoms with van der Waals surface area (Å²) in [7, 11) is 1.59. The van der Waals surface area contributed by atoms with Crippen LogP contribution in [0.2, 0.25) is 0 Å². The van der Waals surface area contributed by atoms with E-state index >= 15 is 0 Å². The second kappa shape index (κ2) is 6.69. The highest BCUT2D eigenvalue weighted by Crippen LogP contribution is 2.19. The molecule has 6 heteroatoms. The van der Waals surface area contributed by atoms with Gasteiger partial charge in [-0.15, -0.1) is 0 Å². The Morgan fingerprint density at radius 3 is 2.71 bits per heavy atom. The van der Waals surface area contributed by atoms with E-state index in [0.29, 0.717) is 12.1 Å². The van der Waals surface area contributed by atoms with E-state index in [1.807, 2.05) is 13.0 Å². The summed E-state index contributed by atoms with van der Waals surface area (Å²) < 4.78 is 5.14. The van der Waals surface area contributed by atoms with Gasteiger partial charge in [0.15, 0.2) is 0 Å². The maximum atomic E-state index is 11.9. The SMILES string of the molecule is CCNC(=O)CNC(=O)c1ccc2cc(OC)ccc2n1. The first-order valence-electron chi connectivity index (χ1n) is 6.63. The number of rotatable bonds is 5. The largest absolute Gasteiger partial charge is 0.497 e. The number of carbonyl (C=O) groups excluding carboxylic acids is 2. The Morgan fingerprint density at radius 1 is 1.19 bits per heavy atom. The number of hydrogen-bond donors (Lipinski definition) is 2. The molecular formula is C15H17N3O3. The van der Waals surface area contributed by atoms with E-state index in [-0.39, 0.29) is 24.1 Å². The topological polar surface area (TPSA) is 80.3 Å². The number of likely N-dealkylation sites (N-methyl/N-ethyl adjacent to an activating group) is 1. The Kier molecular flexibility index (Phi) is 4.71. The first-order valence-corrected chi connectivity index (χ1v) is 6.63. The number of nitrogens with zero attached hydrogens (tertiary/aromatic N) is 1. The van der Waals surface area contributed by atoms with Crippen LogP contribution in [0.4, 0.5) is 0 Å². The van der Waals surface area contributed by atoms with Gasteiger partial charge in [0.1, 0.15) is 11.4 Å². The van der Waals surface area contributed by atoms with Crippen LogP contribution >= 0.6 is 0 Å². The average molecular weight is 287 g/mol. The molecule has 1 aromatic heterocycles. The van der Waals surface area contributed by atoms with E-state index in [2.05, 4.69) is 15.6 Å². The van der Waals surface area contributed by atoms with Gasteiger partial charge >= 0.3 is 0 Å². The Bertz CT molecular complexity index is 670. The smallest absolute Gasteiger partial charge is 0.270 e. The van der Waals surface area contributed by atoms with Gasteiger partial charge in [-0.25, -0.2) is 4.98 Å².